The van der Waals surface area contributed by atoms with Gasteiger partial charge in [0.2, 0.25) is 0 Å². The van der Waals surface area contributed by atoms with E-state index in [0.29, 0.717) is 5.92 Å². The molecule has 0 N–H and O–H groups in total. The van der Waals surface area contributed by atoms with Crippen molar-refractivity contribution >= 4 is 5.78 Å². The molecule has 1 unspecified atom stereocenters. The Bertz CT molecular complexity index is 247. The second-order valence-corrected chi connectivity index (χ2v) is 3.63. The first kappa shape index (κ1) is 12.9. The van der Waals surface area contributed by atoms with E-state index in [4.69, 9.17) is 0 Å². The summed E-state index contributed by atoms with van der Waals surface area (Å²) in [7, 11) is 0. The van der Waals surface area contributed by atoms with Crippen LogP contribution in [0.1, 0.15) is 45.6 Å². The third-order valence-corrected chi connectivity index (χ3v) is 1.98. The molecule has 0 saturated heterocycles. The minimum absolute atomic E-state index is 0.167. The van der Waals surface area contributed by atoms with Crippen LogP contribution >= 0.6 is 0 Å². The molecular formula is C13H20O. The maximum Gasteiger partial charge on any atom is 0.126 e. The molecule has 1 aromatic rings. The molecule has 0 spiro atoms. The van der Waals surface area contributed by atoms with E-state index < -0.39 is 0 Å². The molecule has 0 aliphatic heterocycles. The van der Waals surface area contributed by atoms with Crippen LogP contribution in [0.4, 0.5) is 0 Å². The van der Waals surface area contributed by atoms with Gasteiger partial charge in [-0.15, -0.1) is 0 Å². The van der Waals surface area contributed by atoms with Crippen molar-refractivity contribution in [3.8, 4) is 0 Å². The number of rotatable bonds is 2. The highest BCUT2D eigenvalue weighted by molar-refractivity contribution is 5.72. The van der Waals surface area contributed by atoms with Crippen molar-refractivity contribution in [1.29, 1.82) is 0 Å². The van der Waals surface area contributed by atoms with Crippen LogP contribution in [-0.4, -0.2) is 5.78 Å². The highest BCUT2D eigenvalue weighted by Gasteiger charge is 1.98. The van der Waals surface area contributed by atoms with Gasteiger partial charge in [0.1, 0.15) is 5.78 Å². The fourth-order valence-corrected chi connectivity index (χ4v) is 1.02. The summed E-state index contributed by atoms with van der Waals surface area (Å²) in [4.78, 5) is 9.44. The molecule has 1 nitrogen and oxygen atoms in total. The van der Waals surface area contributed by atoms with Gasteiger partial charge >= 0.3 is 0 Å². The monoisotopic (exact) mass is 192 g/mol. The van der Waals surface area contributed by atoms with E-state index >= 15 is 0 Å². The number of ketones is 1. The Morgan fingerprint density at radius 2 is 1.64 bits per heavy atom. The van der Waals surface area contributed by atoms with Crippen molar-refractivity contribution in [3.63, 3.8) is 0 Å². The van der Waals surface area contributed by atoms with E-state index in [0.717, 1.165) is 0 Å². The fraction of sp³-hybridized carbons (Fsp3) is 0.462. The van der Waals surface area contributed by atoms with Gasteiger partial charge in [0.25, 0.3) is 0 Å². The zero-order valence-corrected chi connectivity index (χ0v) is 9.58. The quantitative estimate of drug-likeness (QED) is 0.696. The Labute approximate surface area is 87.2 Å². The summed E-state index contributed by atoms with van der Waals surface area (Å²) >= 11 is 0. The number of Topliss-reactive ketones (excluding diaryl/α,β-unsaturated/α-hetero) is 1. The molecule has 14 heavy (non-hydrogen) atoms. The van der Waals surface area contributed by atoms with Crippen molar-refractivity contribution < 1.29 is 4.79 Å². The lowest BCUT2D eigenvalue weighted by Gasteiger charge is -2.06. The van der Waals surface area contributed by atoms with Crippen molar-refractivity contribution in [3.05, 3.63) is 35.9 Å². The van der Waals surface area contributed by atoms with Crippen LogP contribution in [0.2, 0.25) is 0 Å². The smallest absolute Gasteiger partial charge is 0.126 e. The molecular weight excluding hydrogens is 172 g/mol. The molecule has 0 bridgehead atoms. The molecule has 1 aromatic carbocycles. The van der Waals surface area contributed by atoms with Crippen LogP contribution in [0.3, 0.4) is 0 Å². The van der Waals surface area contributed by atoms with Gasteiger partial charge in [-0.3, -0.25) is 0 Å². The summed E-state index contributed by atoms with van der Waals surface area (Å²) in [5, 5.41) is 0. The Kier molecular flexibility index (Phi) is 6.73. The van der Waals surface area contributed by atoms with Gasteiger partial charge < -0.3 is 4.79 Å². The molecule has 78 valence electrons. The van der Waals surface area contributed by atoms with Crippen LogP contribution in [-0.2, 0) is 4.79 Å². The first-order chi connectivity index (χ1) is 6.57. The number of benzene rings is 1. The lowest BCUT2D eigenvalue weighted by Crippen LogP contribution is -1.88. The van der Waals surface area contributed by atoms with Crippen molar-refractivity contribution in [2.75, 3.05) is 0 Å². The van der Waals surface area contributed by atoms with E-state index in [9.17, 15) is 4.79 Å². The molecule has 0 aromatic heterocycles. The molecule has 0 saturated carbocycles. The highest BCUT2D eigenvalue weighted by Crippen LogP contribution is 2.16. The Hall–Kier alpha value is -1.11. The summed E-state index contributed by atoms with van der Waals surface area (Å²) in [6.07, 6.45) is 1.23. The predicted molar refractivity (Wildman–Crippen MR) is 61.5 cm³/mol. The van der Waals surface area contributed by atoms with Gasteiger partial charge in [-0.25, -0.2) is 0 Å². The van der Waals surface area contributed by atoms with E-state index in [-0.39, 0.29) is 5.78 Å². The molecule has 0 aliphatic carbocycles. The van der Waals surface area contributed by atoms with Gasteiger partial charge in [-0.05, 0) is 31.7 Å². The summed E-state index contributed by atoms with van der Waals surface area (Å²) in [5.74, 6) is 0.876. The normalized spacial score (nSPS) is 11.1. The number of carbonyl (C=O) groups excluding carboxylic acids is 1. The maximum atomic E-state index is 9.44. The summed E-state index contributed by atoms with van der Waals surface area (Å²) in [5.41, 5.74) is 1.45. The standard InChI is InChI=1S/C10H14.C3H6O/c1-3-9(2)10-7-5-4-6-8-10;1-3(2)4/h4-9H,3H2,1-2H3;1-2H3. The molecule has 1 heteroatoms. The average Bonchev–Trinajstić information content (AvgIpc) is 2.17. The van der Waals surface area contributed by atoms with Crippen LogP contribution in [0.25, 0.3) is 0 Å². The Balaban J connectivity index is 0.000000364. The third kappa shape index (κ3) is 6.41. The van der Waals surface area contributed by atoms with E-state index in [2.05, 4.69) is 44.2 Å². The molecule has 0 heterocycles. The van der Waals surface area contributed by atoms with Gasteiger partial charge in [0.05, 0.1) is 0 Å². The number of carbonyl (C=O) groups is 1. The summed E-state index contributed by atoms with van der Waals surface area (Å²) in [6, 6.07) is 10.6. The van der Waals surface area contributed by atoms with E-state index in [1.165, 1.54) is 25.8 Å². The van der Waals surface area contributed by atoms with Crippen LogP contribution < -0.4 is 0 Å². The molecule has 1 atom stereocenters. The minimum atomic E-state index is 0.167. The van der Waals surface area contributed by atoms with E-state index in [1.807, 2.05) is 0 Å². The fourth-order valence-electron chi connectivity index (χ4n) is 1.02. The predicted octanol–water partition coefficient (Wildman–Crippen LogP) is 3.80. The van der Waals surface area contributed by atoms with Crippen LogP contribution in [0.5, 0.6) is 0 Å². The first-order valence-corrected chi connectivity index (χ1v) is 5.10. The lowest BCUT2D eigenvalue weighted by atomic mass is 9.99. The topological polar surface area (TPSA) is 17.1 Å². The highest BCUT2D eigenvalue weighted by atomic mass is 16.1. The van der Waals surface area contributed by atoms with Crippen molar-refractivity contribution in [2.45, 2.75) is 40.0 Å². The third-order valence-electron chi connectivity index (χ3n) is 1.98. The first-order valence-electron chi connectivity index (χ1n) is 5.10. The van der Waals surface area contributed by atoms with E-state index in [1.54, 1.807) is 0 Å². The second kappa shape index (κ2) is 7.31. The Morgan fingerprint density at radius 1 is 1.21 bits per heavy atom. The molecule has 0 fully saturated rings. The molecule has 0 aliphatic rings. The Morgan fingerprint density at radius 3 is 2.00 bits per heavy atom. The van der Waals surface area contributed by atoms with Gasteiger partial charge in [0, 0.05) is 0 Å². The summed E-state index contributed by atoms with van der Waals surface area (Å²) in [6.45, 7) is 7.53. The maximum absolute atomic E-state index is 9.44. The van der Waals surface area contributed by atoms with Crippen molar-refractivity contribution in [1.82, 2.24) is 0 Å². The van der Waals surface area contributed by atoms with Gasteiger partial charge in [-0.1, -0.05) is 44.2 Å². The SMILES string of the molecule is CC(C)=O.CCC(C)c1ccccc1. The van der Waals surface area contributed by atoms with Gasteiger partial charge in [0.15, 0.2) is 0 Å². The number of hydrogen-bond acceptors (Lipinski definition) is 1. The van der Waals surface area contributed by atoms with Gasteiger partial charge in [-0.2, -0.15) is 0 Å². The lowest BCUT2D eigenvalue weighted by molar-refractivity contribution is -0.114. The molecule has 1 rings (SSSR count). The average molecular weight is 192 g/mol. The van der Waals surface area contributed by atoms with Crippen molar-refractivity contribution in [2.24, 2.45) is 0 Å². The number of hydrogen-bond donors (Lipinski definition) is 0. The molecule has 0 amide bonds. The van der Waals surface area contributed by atoms with Crippen LogP contribution in [0.15, 0.2) is 30.3 Å². The summed E-state index contributed by atoms with van der Waals surface area (Å²) < 4.78 is 0. The minimum Gasteiger partial charge on any atom is -0.300 e. The zero-order chi connectivity index (χ0) is 11.0. The van der Waals surface area contributed by atoms with Crippen LogP contribution in [0, 0.1) is 0 Å². The second-order valence-electron chi connectivity index (χ2n) is 3.63. The largest absolute Gasteiger partial charge is 0.300 e. The zero-order valence-electron chi connectivity index (χ0n) is 9.58. The molecule has 0 radical (unpaired) electrons.